The summed E-state index contributed by atoms with van der Waals surface area (Å²) in [6.07, 6.45) is 8.50. The second-order valence-electron chi connectivity index (χ2n) is 6.73. The van der Waals surface area contributed by atoms with Crippen LogP contribution in [-0.4, -0.2) is 49.3 Å². The Morgan fingerprint density at radius 2 is 2.10 bits per heavy atom. The van der Waals surface area contributed by atoms with Crippen molar-refractivity contribution >= 4 is 0 Å². The van der Waals surface area contributed by atoms with Crippen molar-refractivity contribution in [3.8, 4) is 0 Å². The molecule has 0 aromatic rings. The summed E-state index contributed by atoms with van der Waals surface area (Å²) in [5.74, 6) is 0.944. The van der Waals surface area contributed by atoms with Gasteiger partial charge in [0.1, 0.15) is 0 Å². The summed E-state index contributed by atoms with van der Waals surface area (Å²) in [4.78, 5) is 2.73. The van der Waals surface area contributed by atoms with Gasteiger partial charge in [0, 0.05) is 31.8 Å². The third-order valence-corrected chi connectivity index (χ3v) is 5.04. The van der Waals surface area contributed by atoms with E-state index in [0.717, 1.165) is 31.7 Å². The highest BCUT2D eigenvalue weighted by Crippen LogP contribution is 2.31. The maximum atomic E-state index is 5.83. The van der Waals surface area contributed by atoms with Crippen molar-refractivity contribution < 1.29 is 4.74 Å². The molecule has 0 aromatic carbocycles. The molecule has 2 rings (SSSR count). The van der Waals surface area contributed by atoms with Crippen LogP contribution in [0, 0.1) is 5.92 Å². The molecule has 1 saturated heterocycles. The van der Waals surface area contributed by atoms with Gasteiger partial charge in [0.2, 0.25) is 0 Å². The zero-order valence-electron chi connectivity index (χ0n) is 13.7. The van der Waals surface area contributed by atoms with Gasteiger partial charge in [0.05, 0.1) is 6.10 Å². The fourth-order valence-electron chi connectivity index (χ4n) is 4.13. The van der Waals surface area contributed by atoms with Gasteiger partial charge in [-0.15, -0.1) is 0 Å². The van der Waals surface area contributed by atoms with Crippen molar-refractivity contribution in [3.63, 3.8) is 0 Å². The molecule has 4 atom stereocenters. The highest BCUT2D eigenvalue weighted by molar-refractivity contribution is 4.92. The van der Waals surface area contributed by atoms with Crippen molar-refractivity contribution in [1.29, 1.82) is 0 Å². The van der Waals surface area contributed by atoms with Crippen molar-refractivity contribution in [3.05, 3.63) is 0 Å². The topological polar surface area (TPSA) is 24.5 Å². The monoisotopic (exact) mass is 282 g/mol. The van der Waals surface area contributed by atoms with E-state index in [1.165, 1.54) is 45.1 Å². The minimum absolute atomic E-state index is 0.395. The van der Waals surface area contributed by atoms with E-state index in [4.69, 9.17) is 4.74 Å². The molecule has 0 aromatic heterocycles. The molecule has 118 valence electrons. The molecule has 0 amide bonds. The summed E-state index contributed by atoms with van der Waals surface area (Å²) in [5, 5.41) is 3.75. The number of hydrogen-bond donors (Lipinski definition) is 1. The number of ether oxygens (including phenoxy) is 1. The maximum absolute atomic E-state index is 5.83. The van der Waals surface area contributed by atoms with Crippen molar-refractivity contribution in [2.24, 2.45) is 5.92 Å². The van der Waals surface area contributed by atoms with E-state index in [1.54, 1.807) is 0 Å². The fraction of sp³-hybridized carbons (Fsp3) is 1.00. The van der Waals surface area contributed by atoms with Gasteiger partial charge in [-0.25, -0.2) is 0 Å². The van der Waals surface area contributed by atoms with E-state index >= 15 is 0 Å². The van der Waals surface area contributed by atoms with Gasteiger partial charge in [0.25, 0.3) is 0 Å². The average molecular weight is 282 g/mol. The number of rotatable bonds is 5. The second-order valence-corrected chi connectivity index (χ2v) is 6.73. The Labute approximate surface area is 125 Å². The van der Waals surface area contributed by atoms with E-state index in [-0.39, 0.29) is 0 Å². The van der Waals surface area contributed by atoms with Crippen LogP contribution in [0.15, 0.2) is 0 Å². The zero-order chi connectivity index (χ0) is 14.4. The first-order valence-electron chi connectivity index (χ1n) is 8.83. The van der Waals surface area contributed by atoms with E-state index in [1.807, 2.05) is 0 Å². The van der Waals surface area contributed by atoms with Gasteiger partial charge in [-0.1, -0.05) is 26.7 Å². The molecule has 0 radical (unpaired) electrons. The standard InChI is InChI=1S/C17H34N2O/c1-4-7-15-8-9-16(18-5-2)17(12-15)19-10-6-11-20-14(3)13-19/h14-18H,4-13H2,1-3H3. The molecule has 2 aliphatic rings. The van der Waals surface area contributed by atoms with E-state index < -0.39 is 0 Å². The quantitative estimate of drug-likeness (QED) is 0.839. The summed E-state index contributed by atoms with van der Waals surface area (Å²) in [7, 11) is 0. The molecule has 1 saturated carbocycles. The van der Waals surface area contributed by atoms with Crippen LogP contribution < -0.4 is 5.32 Å². The van der Waals surface area contributed by atoms with Crippen LogP contribution >= 0.6 is 0 Å². The van der Waals surface area contributed by atoms with Gasteiger partial charge in [-0.3, -0.25) is 4.90 Å². The summed E-state index contributed by atoms with van der Waals surface area (Å²) < 4.78 is 5.83. The predicted octanol–water partition coefficient (Wildman–Crippen LogP) is 3.04. The number of hydrogen-bond acceptors (Lipinski definition) is 3. The largest absolute Gasteiger partial charge is 0.377 e. The second kappa shape index (κ2) is 8.35. The first-order valence-corrected chi connectivity index (χ1v) is 8.83. The Bertz CT molecular complexity index is 272. The molecular formula is C17H34N2O. The molecule has 3 nitrogen and oxygen atoms in total. The van der Waals surface area contributed by atoms with Gasteiger partial charge in [0.15, 0.2) is 0 Å². The predicted molar refractivity (Wildman–Crippen MR) is 85.1 cm³/mol. The third-order valence-electron chi connectivity index (χ3n) is 5.04. The maximum Gasteiger partial charge on any atom is 0.0674 e. The molecule has 0 spiro atoms. The van der Waals surface area contributed by atoms with E-state index in [0.29, 0.717) is 12.1 Å². The molecule has 1 N–H and O–H groups in total. The average Bonchev–Trinajstić information content (AvgIpc) is 2.66. The summed E-state index contributed by atoms with van der Waals surface area (Å²) in [5.41, 5.74) is 0. The van der Waals surface area contributed by atoms with Crippen LogP contribution in [0.3, 0.4) is 0 Å². The lowest BCUT2D eigenvalue weighted by atomic mass is 9.79. The lowest BCUT2D eigenvalue weighted by molar-refractivity contribution is 0.0435. The van der Waals surface area contributed by atoms with E-state index in [2.05, 4.69) is 31.0 Å². The molecular weight excluding hydrogens is 248 g/mol. The molecule has 2 fully saturated rings. The molecule has 3 heteroatoms. The van der Waals surface area contributed by atoms with Crippen LogP contribution in [0.1, 0.15) is 59.3 Å². The first kappa shape index (κ1) is 16.3. The first-order chi connectivity index (χ1) is 9.74. The van der Waals surface area contributed by atoms with Crippen LogP contribution in [0.4, 0.5) is 0 Å². The smallest absolute Gasteiger partial charge is 0.0674 e. The highest BCUT2D eigenvalue weighted by atomic mass is 16.5. The Morgan fingerprint density at radius 3 is 2.85 bits per heavy atom. The Morgan fingerprint density at radius 1 is 1.25 bits per heavy atom. The van der Waals surface area contributed by atoms with Crippen molar-refractivity contribution in [1.82, 2.24) is 10.2 Å². The molecule has 1 heterocycles. The Balaban J connectivity index is 2.00. The summed E-state index contributed by atoms with van der Waals surface area (Å²) in [6.45, 7) is 11.2. The number of nitrogens with one attached hydrogen (secondary N) is 1. The molecule has 20 heavy (non-hydrogen) atoms. The Hall–Kier alpha value is -0.120. The van der Waals surface area contributed by atoms with Crippen LogP contribution in [-0.2, 0) is 4.74 Å². The van der Waals surface area contributed by atoms with Gasteiger partial charge >= 0.3 is 0 Å². The minimum Gasteiger partial charge on any atom is -0.377 e. The number of nitrogens with zero attached hydrogens (tertiary/aromatic N) is 1. The van der Waals surface area contributed by atoms with E-state index in [9.17, 15) is 0 Å². The minimum atomic E-state index is 0.395. The molecule has 4 unspecified atom stereocenters. The lowest BCUT2D eigenvalue weighted by Crippen LogP contribution is -2.54. The van der Waals surface area contributed by atoms with Gasteiger partial charge < -0.3 is 10.1 Å². The molecule has 1 aliphatic heterocycles. The highest BCUT2D eigenvalue weighted by Gasteiger charge is 2.34. The molecule has 0 bridgehead atoms. The lowest BCUT2D eigenvalue weighted by Gasteiger charge is -2.43. The van der Waals surface area contributed by atoms with Crippen LogP contribution in [0.2, 0.25) is 0 Å². The van der Waals surface area contributed by atoms with Crippen LogP contribution in [0.5, 0.6) is 0 Å². The summed E-state index contributed by atoms with van der Waals surface area (Å²) >= 11 is 0. The van der Waals surface area contributed by atoms with Gasteiger partial charge in [-0.05, 0) is 45.1 Å². The van der Waals surface area contributed by atoms with Crippen LogP contribution in [0.25, 0.3) is 0 Å². The fourth-order valence-corrected chi connectivity index (χ4v) is 4.13. The summed E-state index contributed by atoms with van der Waals surface area (Å²) in [6, 6.07) is 1.42. The number of likely N-dealkylation sites (N-methyl/N-ethyl adjacent to an activating group) is 1. The van der Waals surface area contributed by atoms with Crippen molar-refractivity contribution in [2.45, 2.75) is 77.5 Å². The third kappa shape index (κ3) is 4.44. The molecule has 1 aliphatic carbocycles. The zero-order valence-corrected chi connectivity index (χ0v) is 13.7. The Kier molecular flexibility index (Phi) is 6.79. The van der Waals surface area contributed by atoms with Gasteiger partial charge in [-0.2, -0.15) is 0 Å². The van der Waals surface area contributed by atoms with Crippen molar-refractivity contribution in [2.75, 3.05) is 26.2 Å². The normalized spacial score (nSPS) is 36.8. The SMILES string of the molecule is CCCC1CCC(NCC)C(N2CCCOC(C)C2)C1.